The number of likely N-dealkylation sites (N-methyl/N-ethyl adjacent to an activating group) is 1. The lowest BCUT2D eigenvalue weighted by atomic mass is 10.0. The Balaban J connectivity index is 1.53. The highest BCUT2D eigenvalue weighted by molar-refractivity contribution is 5.92. The Kier molecular flexibility index (Phi) is 5.56. The fourth-order valence-corrected chi connectivity index (χ4v) is 3.69. The van der Waals surface area contributed by atoms with Gasteiger partial charge in [-0.2, -0.15) is 0 Å². The van der Waals surface area contributed by atoms with E-state index in [1.165, 1.54) is 0 Å². The zero-order valence-corrected chi connectivity index (χ0v) is 18.2. The largest absolute Gasteiger partial charge is 0.485 e. The molecule has 0 saturated carbocycles. The molecule has 2 aromatic heterocycles. The quantitative estimate of drug-likeness (QED) is 0.495. The number of rotatable bonds is 6. The van der Waals surface area contributed by atoms with Crippen LogP contribution in [0.5, 0.6) is 11.5 Å². The summed E-state index contributed by atoms with van der Waals surface area (Å²) in [6.07, 6.45) is 3.23. The van der Waals surface area contributed by atoms with Crippen LogP contribution in [0, 0.1) is 0 Å². The molecule has 0 bridgehead atoms. The fourth-order valence-electron chi connectivity index (χ4n) is 3.69. The second-order valence-electron chi connectivity index (χ2n) is 7.99. The van der Waals surface area contributed by atoms with E-state index >= 15 is 0 Å². The van der Waals surface area contributed by atoms with Crippen molar-refractivity contribution in [2.24, 2.45) is 0 Å². The van der Waals surface area contributed by atoms with Crippen molar-refractivity contribution >= 4 is 16.7 Å². The fraction of sp³-hybridized carbons (Fsp3) is 0.240. The molecule has 5 rings (SSSR count). The van der Waals surface area contributed by atoms with Gasteiger partial charge in [0, 0.05) is 30.9 Å². The number of nitrogens with zero attached hydrogens (tertiary/aromatic N) is 4. The van der Waals surface area contributed by atoms with Gasteiger partial charge in [-0.1, -0.05) is 18.2 Å². The van der Waals surface area contributed by atoms with Crippen LogP contribution in [0.25, 0.3) is 22.0 Å². The smallest absolute Gasteiger partial charge is 0.192 e. The van der Waals surface area contributed by atoms with Gasteiger partial charge in [-0.3, -0.25) is 4.98 Å². The number of ether oxygens (including phenoxy) is 2. The first-order chi connectivity index (χ1) is 15.7. The van der Waals surface area contributed by atoms with Crippen LogP contribution in [0.3, 0.4) is 0 Å². The van der Waals surface area contributed by atoms with E-state index in [2.05, 4.69) is 41.4 Å². The third-order valence-electron chi connectivity index (χ3n) is 5.37. The minimum absolute atomic E-state index is 0.370. The molecule has 1 N–H and O–H groups in total. The van der Waals surface area contributed by atoms with Crippen LogP contribution in [0.15, 0.2) is 67.0 Å². The summed E-state index contributed by atoms with van der Waals surface area (Å²) >= 11 is 0. The zero-order chi connectivity index (χ0) is 21.9. The molecule has 0 radical (unpaired) electrons. The number of pyridine rings is 1. The van der Waals surface area contributed by atoms with E-state index in [4.69, 9.17) is 19.4 Å². The predicted molar refractivity (Wildman–Crippen MR) is 125 cm³/mol. The Hall–Kier alpha value is -3.71. The van der Waals surface area contributed by atoms with Crippen molar-refractivity contribution in [3.05, 3.63) is 72.8 Å². The van der Waals surface area contributed by atoms with Crippen molar-refractivity contribution in [2.45, 2.75) is 6.10 Å². The molecular formula is C25H25N5O2. The van der Waals surface area contributed by atoms with Crippen LogP contribution in [0.1, 0.15) is 11.9 Å². The lowest BCUT2D eigenvalue weighted by molar-refractivity contribution is 0.0854. The summed E-state index contributed by atoms with van der Waals surface area (Å²) in [7, 11) is 4.11. The topological polar surface area (TPSA) is 72.4 Å². The van der Waals surface area contributed by atoms with E-state index in [0.717, 1.165) is 46.7 Å². The molecule has 7 heteroatoms. The highest BCUT2D eigenvalue weighted by atomic mass is 16.6. The number of benzene rings is 2. The van der Waals surface area contributed by atoms with Gasteiger partial charge in [0.05, 0.1) is 5.52 Å². The highest BCUT2D eigenvalue weighted by Crippen LogP contribution is 2.36. The maximum Gasteiger partial charge on any atom is 0.192 e. The molecule has 4 aromatic rings. The van der Waals surface area contributed by atoms with Gasteiger partial charge in [0.2, 0.25) is 0 Å². The number of para-hydroxylation sites is 2. The molecule has 0 fully saturated rings. The molecule has 1 unspecified atom stereocenters. The molecule has 162 valence electrons. The van der Waals surface area contributed by atoms with E-state index < -0.39 is 0 Å². The number of aromatic nitrogens is 3. The summed E-state index contributed by atoms with van der Waals surface area (Å²) in [4.78, 5) is 16.0. The number of nitrogens with one attached hydrogen (secondary N) is 1. The maximum atomic E-state index is 6.16. The van der Waals surface area contributed by atoms with Gasteiger partial charge in [0.1, 0.15) is 12.4 Å². The summed E-state index contributed by atoms with van der Waals surface area (Å²) in [6.45, 7) is 2.03. The summed E-state index contributed by atoms with van der Waals surface area (Å²) in [6, 6.07) is 17.9. The number of hydrogen-bond donors (Lipinski definition) is 1. The van der Waals surface area contributed by atoms with Crippen molar-refractivity contribution in [1.82, 2.24) is 19.9 Å². The molecular weight excluding hydrogens is 402 g/mol. The summed E-state index contributed by atoms with van der Waals surface area (Å²) in [5.74, 6) is 2.86. The molecule has 0 aliphatic carbocycles. The Bertz CT molecular complexity index is 1230. The average Bonchev–Trinajstić information content (AvgIpc) is 2.83. The maximum absolute atomic E-state index is 6.16. The van der Waals surface area contributed by atoms with Crippen LogP contribution >= 0.6 is 0 Å². The molecule has 0 amide bonds. The van der Waals surface area contributed by atoms with Crippen molar-refractivity contribution in [3.8, 4) is 22.6 Å². The number of fused-ring (bicyclic) bond motifs is 2. The normalized spacial score (nSPS) is 15.2. The first-order valence-electron chi connectivity index (χ1n) is 10.7. The lowest BCUT2D eigenvalue weighted by Gasteiger charge is -2.26. The summed E-state index contributed by atoms with van der Waals surface area (Å²) in [5, 5.41) is 4.47. The zero-order valence-electron chi connectivity index (χ0n) is 18.2. The minimum atomic E-state index is -0.372. The third-order valence-corrected chi connectivity index (χ3v) is 5.37. The third kappa shape index (κ3) is 4.20. The van der Waals surface area contributed by atoms with E-state index in [1.54, 1.807) is 12.4 Å². The lowest BCUT2D eigenvalue weighted by Crippen LogP contribution is -2.25. The van der Waals surface area contributed by atoms with Crippen molar-refractivity contribution in [2.75, 3.05) is 39.1 Å². The van der Waals surface area contributed by atoms with Gasteiger partial charge in [-0.05, 0) is 61.6 Å². The SMILES string of the molecule is CN(C)CCNc1nc(C2COc3ccccc3O2)nc2ccc(-c3ccncc3)cc12. The van der Waals surface area contributed by atoms with Crippen LogP contribution in [0.4, 0.5) is 5.82 Å². The van der Waals surface area contributed by atoms with Crippen LogP contribution < -0.4 is 14.8 Å². The Labute approximate surface area is 187 Å². The number of hydrogen-bond acceptors (Lipinski definition) is 7. The van der Waals surface area contributed by atoms with Gasteiger partial charge in [0.15, 0.2) is 23.4 Å². The van der Waals surface area contributed by atoms with Crippen LogP contribution in [-0.2, 0) is 0 Å². The van der Waals surface area contributed by atoms with Crippen molar-refractivity contribution in [3.63, 3.8) is 0 Å². The monoisotopic (exact) mass is 427 g/mol. The van der Waals surface area contributed by atoms with E-state index in [9.17, 15) is 0 Å². The van der Waals surface area contributed by atoms with Gasteiger partial charge in [0.25, 0.3) is 0 Å². The Morgan fingerprint density at radius 2 is 1.78 bits per heavy atom. The second kappa shape index (κ2) is 8.80. The standard InChI is InChI=1S/C25H25N5O2/c1-30(2)14-13-27-24-19-15-18(17-9-11-26-12-10-17)7-8-20(19)28-25(29-24)23-16-31-21-5-3-4-6-22(21)32-23/h3-12,15,23H,13-14,16H2,1-2H3,(H,27,28,29). The van der Waals surface area contributed by atoms with E-state index in [1.807, 2.05) is 42.5 Å². The van der Waals surface area contributed by atoms with Gasteiger partial charge in [-0.25, -0.2) is 9.97 Å². The molecule has 2 aromatic carbocycles. The Morgan fingerprint density at radius 3 is 2.59 bits per heavy atom. The number of anilines is 1. The minimum Gasteiger partial charge on any atom is -0.485 e. The molecule has 0 saturated heterocycles. The predicted octanol–water partition coefficient (Wildman–Crippen LogP) is 4.18. The van der Waals surface area contributed by atoms with Crippen LogP contribution in [0.2, 0.25) is 0 Å². The molecule has 1 aliphatic heterocycles. The van der Waals surface area contributed by atoms with E-state index in [0.29, 0.717) is 18.2 Å². The molecule has 1 atom stereocenters. The van der Waals surface area contributed by atoms with Crippen molar-refractivity contribution < 1.29 is 9.47 Å². The molecule has 0 spiro atoms. The van der Waals surface area contributed by atoms with Crippen molar-refractivity contribution in [1.29, 1.82) is 0 Å². The van der Waals surface area contributed by atoms with Gasteiger partial charge >= 0.3 is 0 Å². The molecule has 32 heavy (non-hydrogen) atoms. The second-order valence-corrected chi connectivity index (χ2v) is 7.99. The average molecular weight is 428 g/mol. The molecule has 3 heterocycles. The summed E-state index contributed by atoms with van der Waals surface area (Å²) in [5.41, 5.74) is 3.06. The van der Waals surface area contributed by atoms with Gasteiger partial charge < -0.3 is 19.7 Å². The summed E-state index contributed by atoms with van der Waals surface area (Å²) < 4.78 is 12.1. The molecule has 1 aliphatic rings. The first-order valence-corrected chi connectivity index (χ1v) is 10.7. The first kappa shape index (κ1) is 20.2. The Morgan fingerprint density at radius 1 is 0.969 bits per heavy atom. The van der Waals surface area contributed by atoms with Crippen LogP contribution in [-0.4, -0.2) is 53.6 Å². The highest BCUT2D eigenvalue weighted by Gasteiger charge is 2.26. The van der Waals surface area contributed by atoms with Gasteiger partial charge in [-0.15, -0.1) is 0 Å². The van der Waals surface area contributed by atoms with E-state index in [-0.39, 0.29) is 6.10 Å². The molecule has 7 nitrogen and oxygen atoms in total.